The smallest absolute Gasteiger partial charge is 0.264 e. The fourth-order valence-electron chi connectivity index (χ4n) is 2.37. The molecule has 0 saturated heterocycles. The molecule has 0 aliphatic heterocycles. The lowest BCUT2D eigenvalue weighted by atomic mass is 10.1. The van der Waals surface area contributed by atoms with E-state index in [1.165, 1.54) is 30.4 Å². The summed E-state index contributed by atoms with van der Waals surface area (Å²) >= 11 is 7.15. The first-order valence-electron chi connectivity index (χ1n) is 8.57. The van der Waals surface area contributed by atoms with Gasteiger partial charge in [0, 0.05) is 24.4 Å². The predicted molar refractivity (Wildman–Crippen MR) is 111 cm³/mol. The van der Waals surface area contributed by atoms with E-state index in [9.17, 15) is 14.0 Å². The Hall–Kier alpha value is -2.97. The van der Waals surface area contributed by atoms with Crippen molar-refractivity contribution < 1.29 is 18.7 Å². The van der Waals surface area contributed by atoms with E-state index in [4.69, 9.17) is 16.3 Å². The summed E-state index contributed by atoms with van der Waals surface area (Å²) in [4.78, 5) is 27.4. The maximum Gasteiger partial charge on any atom is 0.264 e. The first-order chi connectivity index (χ1) is 13.9. The second kappa shape index (κ2) is 9.49. The molecule has 0 saturated carbocycles. The molecule has 2 amide bonds. The number of thiazole rings is 1. The van der Waals surface area contributed by atoms with Gasteiger partial charge in [0.05, 0.1) is 10.7 Å². The van der Waals surface area contributed by atoms with Crippen molar-refractivity contribution in [2.75, 3.05) is 11.9 Å². The molecule has 0 aliphatic rings. The zero-order chi connectivity index (χ0) is 20.8. The normalized spacial score (nSPS) is 10.4. The van der Waals surface area contributed by atoms with Crippen LogP contribution >= 0.6 is 22.9 Å². The van der Waals surface area contributed by atoms with Crippen LogP contribution in [0.15, 0.2) is 47.8 Å². The highest BCUT2D eigenvalue weighted by Crippen LogP contribution is 2.26. The van der Waals surface area contributed by atoms with Crippen LogP contribution in [0.2, 0.25) is 5.02 Å². The lowest BCUT2D eigenvalue weighted by Gasteiger charge is -2.07. The molecule has 0 fully saturated rings. The lowest BCUT2D eigenvalue weighted by molar-refractivity contribution is -0.119. The third kappa shape index (κ3) is 6.00. The van der Waals surface area contributed by atoms with Crippen LogP contribution in [0, 0.1) is 5.82 Å². The predicted octanol–water partition coefficient (Wildman–Crippen LogP) is 4.26. The SMILES string of the molecule is CC(=O)NCc1ccc(-c2csc(NC(=O)COc3ccc(F)cc3Cl)n2)cc1. The summed E-state index contributed by atoms with van der Waals surface area (Å²) in [5.74, 6) is -0.746. The number of hydrogen-bond donors (Lipinski definition) is 2. The monoisotopic (exact) mass is 433 g/mol. The van der Waals surface area contributed by atoms with Crippen molar-refractivity contribution in [3.05, 3.63) is 64.2 Å². The Labute approximate surface area is 175 Å². The van der Waals surface area contributed by atoms with Crippen molar-refractivity contribution in [1.29, 1.82) is 0 Å². The largest absolute Gasteiger partial charge is 0.482 e. The molecule has 2 aromatic carbocycles. The van der Waals surface area contributed by atoms with Gasteiger partial charge in [-0.2, -0.15) is 0 Å². The van der Waals surface area contributed by atoms with E-state index in [1.807, 2.05) is 29.6 Å². The molecule has 0 atom stereocenters. The van der Waals surface area contributed by atoms with Gasteiger partial charge in [0.15, 0.2) is 11.7 Å². The van der Waals surface area contributed by atoms with Crippen LogP contribution in [0.1, 0.15) is 12.5 Å². The lowest BCUT2D eigenvalue weighted by Crippen LogP contribution is -2.20. The standard InChI is InChI=1S/C20H17ClFN3O3S/c1-12(26)23-9-13-2-4-14(5-3-13)17-11-29-20(24-17)25-19(27)10-28-18-7-6-15(22)8-16(18)21/h2-8,11H,9-10H2,1H3,(H,23,26)(H,24,25,27). The van der Waals surface area contributed by atoms with Crippen molar-refractivity contribution in [1.82, 2.24) is 10.3 Å². The van der Waals surface area contributed by atoms with Gasteiger partial charge in [-0.25, -0.2) is 9.37 Å². The third-order valence-electron chi connectivity index (χ3n) is 3.79. The zero-order valence-electron chi connectivity index (χ0n) is 15.4. The van der Waals surface area contributed by atoms with Crippen molar-refractivity contribution in [2.45, 2.75) is 13.5 Å². The molecule has 9 heteroatoms. The van der Waals surface area contributed by atoms with Gasteiger partial charge < -0.3 is 10.1 Å². The average Bonchev–Trinajstić information content (AvgIpc) is 3.14. The van der Waals surface area contributed by atoms with Gasteiger partial charge in [0.1, 0.15) is 11.6 Å². The summed E-state index contributed by atoms with van der Waals surface area (Å²) in [6.07, 6.45) is 0. The molecule has 0 unspecified atom stereocenters. The Balaban J connectivity index is 1.55. The summed E-state index contributed by atoms with van der Waals surface area (Å²) < 4.78 is 18.3. The number of hydrogen-bond acceptors (Lipinski definition) is 5. The molecular formula is C20H17ClFN3O3S. The minimum Gasteiger partial charge on any atom is -0.482 e. The maximum absolute atomic E-state index is 13.0. The molecule has 2 N–H and O–H groups in total. The molecule has 29 heavy (non-hydrogen) atoms. The van der Waals surface area contributed by atoms with E-state index in [-0.39, 0.29) is 23.3 Å². The molecule has 3 aromatic rings. The number of anilines is 1. The Morgan fingerprint density at radius 2 is 1.97 bits per heavy atom. The van der Waals surface area contributed by atoms with Gasteiger partial charge in [0.2, 0.25) is 5.91 Å². The molecule has 0 radical (unpaired) electrons. The Morgan fingerprint density at radius 1 is 1.21 bits per heavy atom. The summed E-state index contributed by atoms with van der Waals surface area (Å²) in [7, 11) is 0. The Kier molecular flexibility index (Phi) is 6.79. The van der Waals surface area contributed by atoms with Crippen LogP contribution in [-0.4, -0.2) is 23.4 Å². The topological polar surface area (TPSA) is 80.3 Å². The molecule has 3 rings (SSSR count). The van der Waals surface area contributed by atoms with Crippen LogP contribution in [-0.2, 0) is 16.1 Å². The van der Waals surface area contributed by atoms with E-state index in [0.29, 0.717) is 11.7 Å². The van der Waals surface area contributed by atoms with Gasteiger partial charge in [-0.3, -0.25) is 14.9 Å². The van der Waals surface area contributed by atoms with Crippen LogP contribution in [0.5, 0.6) is 5.75 Å². The zero-order valence-corrected chi connectivity index (χ0v) is 16.9. The van der Waals surface area contributed by atoms with Gasteiger partial charge in [-0.15, -0.1) is 11.3 Å². The van der Waals surface area contributed by atoms with Crippen LogP contribution in [0.4, 0.5) is 9.52 Å². The Morgan fingerprint density at radius 3 is 2.66 bits per heavy atom. The summed E-state index contributed by atoms with van der Waals surface area (Å²) in [6.45, 7) is 1.66. The van der Waals surface area contributed by atoms with Crippen molar-refractivity contribution in [3.63, 3.8) is 0 Å². The molecule has 0 spiro atoms. The van der Waals surface area contributed by atoms with E-state index >= 15 is 0 Å². The summed E-state index contributed by atoms with van der Waals surface area (Å²) in [5, 5.41) is 7.75. The van der Waals surface area contributed by atoms with Gasteiger partial charge in [0.25, 0.3) is 5.91 Å². The van der Waals surface area contributed by atoms with Gasteiger partial charge in [-0.05, 0) is 23.8 Å². The molecule has 6 nitrogen and oxygen atoms in total. The number of carbonyl (C=O) groups is 2. The molecule has 0 bridgehead atoms. The third-order valence-corrected chi connectivity index (χ3v) is 4.85. The van der Waals surface area contributed by atoms with Gasteiger partial charge >= 0.3 is 0 Å². The van der Waals surface area contributed by atoms with Gasteiger partial charge in [-0.1, -0.05) is 35.9 Å². The van der Waals surface area contributed by atoms with Crippen LogP contribution < -0.4 is 15.4 Å². The number of amides is 2. The highest BCUT2D eigenvalue weighted by Gasteiger charge is 2.10. The minimum absolute atomic E-state index is 0.0837. The highest BCUT2D eigenvalue weighted by molar-refractivity contribution is 7.14. The number of aromatic nitrogens is 1. The average molecular weight is 434 g/mol. The fraction of sp³-hybridized carbons (Fsp3) is 0.150. The fourth-order valence-corrected chi connectivity index (χ4v) is 3.33. The quantitative estimate of drug-likeness (QED) is 0.583. The number of carbonyl (C=O) groups excluding carboxylic acids is 2. The molecule has 1 aromatic heterocycles. The number of ether oxygens (including phenoxy) is 1. The van der Waals surface area contributed by atoms with Crippen molar-refractivity contribution in [3.8, 4) is 17.0 Å². The van der Waals surface area contributed by atoms with Crippen molar-refractivity contribution in [2.24, 2.45) is 0 Å². The summed E-state index contributed by atoms with van der Waals surface area (Å²) in [6, 6.07) is 11.3. The van der Waals surface area contributed by atoms with E-state index in [0.717, 1.165) is 22.9 Å². The Bertz CT molecular complexity index is 1020. The van der Waals surface area contributed by atoms with Crippen LogP contribution in [0.3, 0.4) is 0 Å². The number of halogens is 2. The molecule has 0 aliphatic carbocycles. The second-order valence-corrected chi connectivity index (χ2v) is 7.32. The highest BCUT2D eigenvalue weighted by atomic mass is 35.5. The molecular weight excluding hydrogens is 417 g/mol. The van der Waals surface area contributed by atoms with E-state index in [1.54, 1.807) is 0 Å². The van der Waals surface area contributed by atoms with E-state index in [2.05, 4.69) is 15.6 Å². The first-order valence-corrected chi connectivity index (χ1v) is 9.83. The number of nitrogens with zero attached hydrogens (tertiary/aromatic N) is 1. The first kappa shape index (κ1) is 20.8. The molecule has 150 valence electrons. The van der Waals surface area contributed by atoms with E-state index < -0.39 is 11.7 Å². The maximum atomic E-state index is 13.0. The minimum atomic E-state index is -0.481. The second-order valence-electron chi connectivity index (χ2n) is 6.06. The molecule has 1 heterocycles. The number of benzene rings is 2. The number of rotatable bonds is 7. The van der Waals surface area contributed by atoms with Crippen LogP contribution in [0.25, 0.3) is 11.3 Å². The number of nitrogens with one attached hydrogen (secondary N) is 2. The van der Waals surface area contributed by atoms with Crippen molar-refractivity contribution >= 4 is 39.9 Å². The summed E-state index contributed by atoms with van der Waals surface area (Å²) in [5.41, 5.74) is 2.59.